The van der Waals surface area contributed by atoms with Gasteiger partial charge in [0.1, 0.15) is 0 Å². The summed E-state index contributed by atoms with van der Waals surface area (Å²) >= 11 is 0. The van der Waals surface area contributed by atoms with Crippen molar-refractivity contribution < 1.29 is 0 Å². The number of para-hydroxylation sites is 4. The van der Waals surface area contributed by atoms with E-state index in [0.717, 1.165) is 39.1 Å². The minimum Gasteiger partial charge on any atom is -0.261 e. The summed E-state index contributed by atoms with van der Waals surface area (Å²) in [6, 6.07) is 32.4. The van der Waals surface area contributed by atoms with E-state index in [-0.39, 0.29) is 0 Å². The molecule has 52 heavy (non-hydrogen) atoms. The standard InChI is InChI=1S/2C11H12N2.C9H12.C8H11N.4C2H6/c2*1-8(2)11-7-12-9-5-3-4-6-10(9)13-11;1-8(2)9-6-4-3-5-7-9;1-7(2)8-5-3-4-6-9-8;4*1-2/h2*3-8H,1-2H3;3-8H,1-2H3;3-7H,1-2H3;4*1-2H3. The highest BCUT2D eigenvalue weighted by atomic mass is 14.8. The zero-order valence-corrected chi connectivity index (χ0v) is 35.5. The number of nitrogens with zero attached hydrogens (tertiary/aromatic N) is 5. The molecular formula is C47H71N5. The highest BCUT2D eigenvalue weighted by Gasteiger charge is 2.03. The Morgan fingerprint density at radius 3 is 0.962 bits per heavy atom. The van der Waals surface area contributed by atoms with Gasteiger partial charge in [-0.05, 0) is 65.6 Å². The number of hydrogen-bond donors (Lipinski definition) is 0. The van der Waals surface area contributed by atoms with E-state index in [9.17, 15) is 0 Å². The monoisotopic (exact) mass is 706 g/mol. The van der Waals surface area contributed by atoms with Gasteiger partial charge in [0.15, 0.2) is 0 Å². The number of aromatic nitrogens is 5. The van der Waals surface area contributed by atoms with Crippen molar-refractivity contribution in [3.8, 4) is 0 Å². The highest BCUT2D eigenvalue weighted by molar-refractivity contribution is 5.74. The maximum Gasteiger partial charge on any atom is 0.0890 e. The normalized spacial score (nSPS) is 9.46. The van der Waals surface area contributed by atoms with Gasteiger partial charge < -0.3 is 0 Å². The molecule has 5 nitrogen and oxygen atoms in total. The summed E-state index contributed by atoms with van der Waals surface area (Å²) in [6.07, 6.45) is 5.54. The lowest BCUT2D eigenvalue weighted by molar-refractivity contribution is 0.822. The van der Waals surface area contributed by atoms with Crippen LogP contribution in [0.15, 0.2) is 116 Å². The average molecular weight is 706 g/mol. The van der Waals surface area contributed by atoms with E-state index < -0.39 is 0 Å². The quantitative estimate of drug-likeness (QED) is 0.183. The molecule has 0 N–H and O–H groups in total. The maximum atomic E-state index is 4.51. The van der Waals surface area contributed by atoms with Crippen molar-refractivity contribution in [1.82, 2.24) is 24.9 Å². The third-order valence-electron chi connectivity index (χ3n) is 6.86. The van der Waals surface area contributed by atoms with Crippen molar-refractivity contribution in [3.63, 3.8) is 0 Å². The summed E-state index contributed by atoms with van der Waals surface area (Å²) in [5.74, 6) is 2.09. The molecule has 0 saturated carbocycles. The van der Waals surface area contributed by atoms with Gasteiger partial charge in [-0.2, -0.15) is 0 Å². The summed E-state index contributed by atoms with van der Waals surface area (Å²) in [7, 11) is 0. The lowest BCUT2D eigenvalue weighted by Gasteiger charge is -2.04. The van der Waals surface area contributed by atoms with Gasteiger partial charge in [0.2, 0.25) is 0 Å². The SMILES string of the molecule is CC.CC.CC.CC.CC(C)c1ccccc1.CC(C)c1ccccn1.CC(C)c1cnc2ccccc2n1.CC(C)c1cnc2ccccc2n1. The van der Waals surface area contributed by atoms with Crippen LogP contribution in [-0.2, 0) is 0 Å². The Morgan fingerprint density at radius 2 is 0.673 bits per heavy atom. The molecule has 0 amide bonds. The van der Waals surface area contributed by atoms with Crippen LogP contribution in [-0.4, -0.2) is 24.9 Å². The molecule has 5 heteroatoms. The Balaban J connectivity index is 0. The van der Waals surface area contributed by atoms with E-state index in [1.54, 1.807) is 0 Å². The lowest BCUT2D eigenvalue weighted by atomic mass is 10.0. The fraction of sp³-hybridized carbons (Fsp3) is 0.426. The molecule has 0 fully saturated rings. The highest BCUT2D eigenvalue weighted by Crippen LogP contribution is 2.16. The molecule has 0 radical (unpaired) electrons. The van der Waals surface area contributed by atoms with Crippen LogP contribution in [0, 0.1) is 0 Å². The molecule has 3 heterocycles. The predicted molar refractivity (Wildman–Crippen MR) is 232 cm³/mol. The van der Waals surface area contributed by atoms with Gasteiger partial charge in [-0.25, -0.2) is 9.97 Å². The third-order valence-corrected chi connectivity index (χ3v) is 6.86. The first kappa shape index (κ1) is 49.6. The Bertz CT molecular complexity index is 1540. The number of rotatable bonds is 4. The van der Waals surface area contributed by atoms with Gasteiger partial charge in [-0.15, -0.1) is 0 Å². The summed E-state index contributed by atoms with van der Waals surface area (Å²) in [5.41, 5.74) is 8.58. The van der Waals surface area contributed by atoms with Gasteiger partial charge >= 0.3 is 0 Å². The largest absolute Gasteiger partial charge is 0.261 e. The molecule has 284 valence electrons. The number of benzene rings is 3. The third kappa shape index (κ3) is 19.8. The molecule has 0 saturated heterocycles. The Labute approximate surface area is 318 Å². The lowest BCUT2D eigenvalue weighted by Crippen LogP contribution is -1.94. The fourth-order valence-electron chi connectivity index (χ4n) is 4.05. The summed E-state index contributed by atoms with van der Waals surface area (Å²) in [5, 5.41) is 0. The molecule has 0 atom stereocenters. The molecule has 0 aliphatic heterocycles. The molecule has 0 aliphatic rings. The van der Waals surface area contributed by atoms with Gasteiger partial charge in [0.25, 0.3) is 0 Å². The Morgan fingerprint density at radius 1 is 0.327 bits per heavy atom. The summed E-state index contributed by atoms with van der Waals surface area (Å²) < 4.78 is 0. The van der Waals surface area contributed by atoms with Crippen molar-refractivity contribution in [2.24, 2.45) is 0 Å². The van der Waals surface area contributed by atoms with E-state index in [1.807, 2.05) is 147 Å². The van der Waals surface area contributed by atoms with Crippen molar-refractivity contribution in [3.05, 3.63) is 138 Å². The summed E-state index contributed by atoms with van der Waals surface area (Å²) in [4.78, 5) is 21.9. The Kier molecular flexibility index (Phi) is 29.8. The summed E-state index contributed by atoms with van der Waals surface area (Å²) in [6.45, 7) is 33.2. The van der Waals surface area contributed by atoms with Crippen molar-refractivity contribution in [2.45, 2.75) is 134 Å². The second kappa shape index (κ2) is 31.2. The molecule has 3 aromatic carbocycles. The van der Waals surface area contributed by atoms with Crippen LogP contribution in [0.4, 0.5) is 0 Å². The van der Waals surface area contributed by atoms with Crippen molar-refractivity contribution >= 4 is 22.1 Å². The van der Waals surface area contributed by atoms with Crippen LogP contribution in [0.1, 0.15) is 157 Å². The number of pyridine rings is 1. The van der Waals surface area contributed by atoms with Crippen LogP contribution < -0.4 is 0 Å². The number of hydrogen-bond acceptors (Lipinski definition) is 5. The molecule has 0 spiro atoms. The van der Waals surface area contributed by atoms with Crippen LogP contribution in [0.5, 0.6) is 0 Å². The van der Waals surface area contributed by atoms with E-state index in [1.165, 1.54) is 5.56 Å². The topological polar surface area (TPSA) is 64.5 Å². The second-order valence-corrected chi connectivity index (χ2v) is 11.9. The van der Waals surface area contributed by atoms with E-state index in [0.29, 0.717) is 23.7 Å². The minimum absolute atomic E-state index is 0.442. The first-order valence-corrected chi connectivity index (χ1v) is 19.5. The zero-order valence-electron chi connectivity index (χ0n) is 35.5. The second-order valence-electron chi connectivity index (χ2n) is 11.9. The van der Waals surface area contributed by atoms with Crippen molar-refractivity contribution in [1.29, 1.82) is 0 Å². The molecular weight excluding hydrogens is 635 g/mol. The number of fused-ring (bicyclic) bond motifs is 2. The molecule has 6 aromatic rings. The van der Waals surface area contributed by atoms with Crippen LogP contribution in [0.2, 0.25) is 0 Å². The zero-order chi connectivity index (χ0) is 39.9. The minimum atomic E-state index is 0.442. The molecule has 6 rings (SSSR count). The van der Waals surface area contributed by atoms with Crippen molar-refractivity contribution in [2.75, 3.05) is 0 Å². The molecule has 0 unspecified atom stereocenters. The van der Waals surface area contributed by atoms with Crippen LogP contribution in [0.25, 0.3) is 22.1 Å². The molecule has 0 bridgehead atoms. The smallest absolute Gasteiger partial charge is 0.0890 e. The molecule has 3 aromatic heterocycles. The first-order valence-electron chi connectivity index (χ1n) is 19.5. The Hall–Kier alpha value is -4.51. The van der Waals surface area contributed by atoms with E-state index in [4.69, 9.17) is 0 Å². The van der Waals surface area contributed by atoms with Gasteiger partial charge in [0, 0.05) is 24.3 Å². The van der Waals surface area contributed by atoms with E-state index in [2.05, 4.69) is 105 Å². The molecule has 0 aliphatic carbocycles. The maximum absolute atomic E-state index is 4.51. The van der Waals surface area contributed by atoms with Gasteiger partial charge in [-0.3, -0.25) is 15.0 Å². The first-order chi connectivity index (χ1) is 25.2. The predicted octanol–water partition coefficient (Wildman–Crippen LogP) is 14.6. The van der Waals surface area contributed by atoms with E-state index >= 15 is 0 Å². The average Bonchev–Trinajstić information content (AvgIpc) is 3.22. The van der Waals surface area contributed by atoms with Crippen LogP contribution in [0.3, 0.4) is 0 Å². The van der Waals surface area contributed by atoms with Crippen LogP contribution >= 0.6 is 0 Å². The van der Waals surface area contributed by atoms with Gasteiger partial charge in [0.05, 0.1) is 33.5 Å². The van der Waals surface area contributed by atoms with Gasteiger partial charge in [-0.1, -0.05) is 171 Å². The fourth-order valence-corrected chi connectivity index (χ4v) is 4.05.